The van der Waals surface area contributed by atoms with E-state index in [1.807, 2.05) is 42.5 Å². The van der Waals surface area contributed by atoms with E-state index in [2.05, 4.69) is 0 Å². The summed E-state index contributed by atoms with van der Waals surface area (Å²) in [7, 11) is 0. The summed E-state index contributed by atoms with van der Waals surface area (Å²) in [5, 5.41) is 8.25. The van der Waals surface area contributed by atoms with Crippen molar-refractivity contribution in [3.63, 3.8) is 0 Å². The highest BCUT2D eigenvalue weighted by Crippen LogP contribution is 2.31. The van der Waals surface area contributed by atoms with E-state index >= 15 is 0 Å². The Balaban J connectivity index is 1.70. The molecule has 0 amide bonds. The van der Waals surface area contributed by atoms with Crippen LogP contribution >= 0.6 is 11.8 Å². The van der Waals surface area contributed by atoms with Gasteiger partial charge in [0, 0.05) is 21.3 Å². The van der Waals surface area contributed by atoms with Gasteiger partial charge in [-0.1, -0.05) is 42.8 Å². The topological polar surface area (TPSA) is 67.2 Å². The Morgan fingerprint density at radius 1 is 1.04 bits per heavy atom. The summed E-state index contributed by atoms with van der Waals surface area (Å²) in [5.41, 5.74) is 0.317. The van der Waals surface area contributed by atoms with Gasteiger partial charge in [-0.2, -0.15) is 0 Å². The summed E-state index contributed by atoms with van der Waals surface area (Å²) in [6.45, 7) is 0.352. The first-order chi connectivity index (χ1) is 12.7. The summed E-state index contributed by atoms with van der Waals surface area (Å²) in [4.78, 5) is 25.6. The molecule has 2 aromatic rings. The molecule has 0 bridgehead atoms. The van der Waals surface area contributed by atoms with Gasteiger partial charge in [-0.25, -0.2) is 0 Å². The number of rotatable bonds is 8. The molecule has 134 valence electrons. The first kappa shape index (κ1) is 18.4. The second kappa shape index (κ2) is 8.81. The third-order valence-corrected chi connectivity index (χ3v) is 5.67. The molecular formula is C21H21NO3S. The second-order valence-electron chi connectivity index (χ2n) is 6.38. The summed E-state index contributed by atoms with van der Waals surface area (Å²) in [6.07, 6.45) is 3.15. The van der Waals surface area contributed by atoms with E-state index in [0.717, 1.165) is 35.5 Å². The summed E-state index contributed by atoms with van der Waals surface area (Å²) in [5.74, 6) is -0.301. The zero-order valence-electron chi connectivity index (χ0n) is 14.4. The molecule has 1 saturated carbocycles. The monoisotopic (exact) mass is 367 g/mol. The fourth-order valence-corrected chi connectivity index (χ4v) is 4.16. The maximum atomic E-state index is 12.7. The van der Waals surface area contributed by atoms with E-state index in [9.17, 15) is 9.59 Å². The molecule has 4 nitrogen and oxygen atoms in total. The average Bonchev–Trinajstić information content (AvgIpc) is 3.21. The third kappa shape index (κ3) is 4.41. The normalized spacial score (nSPS) is 15.4. The summed E-state index contributed by atoms with van der Waals surface area (Å²) in [6, 6.07) is 17.2. The van der Waals surface area contributed by atoms with Gasteiger partial charge in [-0.15, -0.1) is 0 Å². The molecule has 1 unspecified atom stereocenters. The fourth-order valence-electron chi connectivity index (χ4n) is 3.32. The predicted octanol–water partition coefficient (Wildman–Crippen LogP) is 4.77. The Hall–Kier alpha value is -2.40. The molecule has 0 aliphatic heterocycles. The first-order valence-electron chi connectivity index (χ1n) is 8.74. The molecule has 5 heteroatoms. The molecule has 0 spiro atoms. The van der Waals surface area contributed by atoms with Crippen LogP contribution < -0.4 is 0 Å². The van der Waals surface area contributed by atoms with Gasteiger partial charge >= 0.3 is 0 Å². The van der Waals surface area contributed by atoms with Crippen LogP contribution in [0, 0.1) is 11.3 Å². The highest BCUT2D eigenvalue weighted by atomic mass is 32.2. The average molecular weight is 367 g/mol. The number of hydrogen-bond acceptors (Lipinski definition) is 5. The van der Waals surface area contributed by atoms with Crippen LogP contribution in [-0.2, 0) is 9.53 Å². The van der Waals surface area contributed by atoms with Crippen molar-refractivity contribution >= 4 is 29.7 Å². The molecule has 1 aliphatic carbocycles. The maximum Gasteiger partial charge on any atom is 0.293 e. The van der Waals surface area contributed by atoms with Crippen LogP contribution in [-0.4, -0.2) is 24.1 Å². The molecule has 0 heterocycles. The van der Waals surface area contributed by atoms with Crippen LogP contribution in [0.3, 0.4) is 0 Å². The van der Waals surface area contributed by atoms with E-state index < -0.39 is 6.10 Å². The van der Waals surface area contributed by atoms with Gasteiger partial charge in [-0.05, 0) is 49.2 Å². The van der Waals surface area contributed by atoms with E-state index in [1.165, 1.54) is 0 Å². The fraction of sp³-hybridized carbons (Fsp3) is 0.286. The Kier molecular flexibility index (Phi) is 6.23. The van der Waals surface area contributed by atoms with Gasteiger partial charge in [0.15, 0.2) is 0 Å². The lowest BCUT2D eigenvalue weighted by Crippen LogP contribution is -2.35. The van der Waals surface area contributed by atoms with Crippen molar-refractivity contribution in [2.24, 2.45) is 5.92 Å². The summed E-state index contributed by atoms with van der Waals surface area (Å²) < 4.78 is 5.10. The molecule has 26 heavy (non-hydrogen) atoms. The van der Waals surface area contributed by atoms with Gasteiger partial charge in [-0.3, -0.25) is 15.0 Å². The lowest BCUT2D eigenvalue weighted by Gasteiger charge is -2.21. The van der Waals surface area contributed by atoms with Crippen molar-refractivity contribution in [1.82, 2.24) is 0 Å². The number of ketones is 1. The van der Waals surface area contributed by atoms with Crippen LogP contribution in [0.25, 0.3) is 0 Å². The molecule has 3 rings (SSSR count). The molecule has 0 saturated heterocycles. The molecule has 1 fully saturated rings. The number of nitrogens with one attached hydrogen (secondary N) is 1. The molecule has 2 aromatic carbocycles. The van der Waals surface area contributed by atoms with E-state index in [0.29, 0.717) is 12.0 Å². The van der Waals surface area contributed by atoms with Gasteiger partial charge in [0.1, 0.15) is 11.8 Å². The number of benzene rings is 2. The van der Waals surface area contributed by atoms with Gasteiger partial charge in [0.25, 0.3) is 6.47 Å². The predicted molar refractivity (Wildman–Crippen MR) is 102 cm³/mol. The van der Waals surface area contributed by atoms with Crippen molar-refractivity contribution in [3.8, 4) is 0 Å². The minimum atomic E-state index is -0.735. The molecule has 0 aromatic heterocycles. The van der Waals surface area contributed by atoms with Crippen LogP contribution in [0.1, 0.15) is 36.0 Å². The second-order valence-corrected chi connectivity index (χ2v) is 7.53. The van der Waals surface area contributed by atoms with Crippen molar-refractivity contribution < 1.29 is 14.3 Å². The quantitative estimate of drug-likeness (QED) is 0.414. The number of Topliss-reactive ketones (excluding diaryl/α,β-unsaturated/α-hetero) is 1. The highest BCUT2D eigenvalue weighted by Gasteiger charge is 2.33. The molecule has 0 radical (unpaired) electrons. The van der Waals surface area contributed by atoms with E-state index in [-0.39, 0.29) is 17.4 Å². The minimum absolute atomic E-state index is 0.0737. The molecule has 1 atom stereocenters. The summed E-state index contributed by atoms with van der Waals surface area (Å²) >= 11 is 1.62. The van der Waals surface area contributed by atoms with Gasteiger partial charge in [0.2, 0.25) is 5.78 Å². The molecule has 1 N–H and O–H groups in total. The Labute approximate surface area is 157 Å². The van der Waals surface area contributed by atoms with E-state index in [1.54, 1.807) is 23.9 Å². The largest absolute Gasteiger partial charge is 0.458 e. The van der Waals surface area contributed by atoms with Gasteiger partial charge in [0.05, 0.1) is 0 Å². The van der Waals surface area contributed by atoms with Crippen molar-refractivity contribution in [2.45, 2.75) is 41.6 Å². The first-order valence-corrected chi connectivity index (χ1v) is 9.56. The number of ether oxygens (including phenoxy) is 1. The van der Waals surface area contributed by atoms with Crippen molar-refractivity contribution in [1.29, 1.82) is 5.41 Å². The van der Waals surface area contributed by atoms with Crippen molar-refractivity contribution in [2.75, 3.05) is 0 Å². The maximum absolute atomic E-state index is 12.7. The van der Waals surface area contributed by atoms with Crippen LogP contribution in [0.2, 0.25) is 0 Å². The smallest absolute Gasteiger partial charge is 0.293 e. The van der Waals surface area contributed by atoms with Crippen LogP contribution in [0.15, 0.2) is 64.4 Å². The Morgan fingerprint density at radius 3 is 2.27 bits per heavy atom. The lowest BCUT2D eigenvalue weighted by atomic mass is 9.92. The van der Waals surface area contributed by atoms with E-state index in [4.69, 9.17) is 10.1 Å². The Morgan fingerprint density at radius 2 is 1.65 bits per heavy atom. The van der Waals surface area contributed by atoms with Crippen LogP contribution in [0.5, 0.6) is 0 Å². The number of hydrogen-bond donors (Lipinski definition) is 1. The zero-order chi connectivity index (χ0) is 18.4. The molecular weight excluding hydrogens is 346 g/mol. The zero-order valence-corrected chi connectivity index (χ0v) is 15.2. The Bertz CT molecular complexity index is 768. The van der Waals surface area contributed by atoms with Crippen LogP contribution in [0.4, 0.5) is 0 Å². The third-order valence-electron chi connectivity index (χ3n) is 4.65. The number of carbonyl (C=O) groups excluding carboxylic acids is 2. The SMILES string of the molecule is N=C(C(=O)c1ccc(Sc2ccccc2)cc1)C(OC=O)C1CCCC1. The number of carbonyl (C=O) groups is 2. The molecule has 1 aliphatic rings. The standard InChI is InChI=1S/C21H21NO3S/c22-19(21(25-14-23)16-6-4-5-7-16)20(24)15-10-12-18(13-11-15)26-17-8-2-1-3-9-17/h1-3,8-14,16,21-22H,4-7H2. The van der Waals surface area contributed by atoms with Gasteiger partial charge < -0.3 is 4.74 Å². The minimum Gasteiger partial charge on any atom is -0.458 e. The van der Waals surface area contributed by atoms with Crippen molar-refractivity contribution in [3.05, 3.63) is 60.2 Å². The lowest BCUT2D eigenvalue weighted by molar-refractivity contribution is -0.132. The highest BCUT2D eigenvalue weighted by molar-refractivity contribution is 7.99.